The Labute approximate surface area is 112 Å². The number of nitrogens with zero attached hydrogens (tertiary/aromatic N) is 3. The second-order valence-electron chi connectivity index (χ2n) is 4.88. The summed E-state index contributed by atoms with van der Waals surface area (Å²) in [4.78, 5) is 17.2. The lowest BCUT2D eigenvalue weighted by atomic mass is 9.98. The number of carboxylic acids is 1. The lowest BCUT2D eigenvalue weighted by Gasteiger charge is -2.36. The summed E-state index contributed by atoms with van der Waals surface area (Å²) in [5, 5.41) is 18.3. The number of aromatic nitrogens is 1. The van der Waals surface area contributed by atoms with E-state index in [1.807, 2.05) is 11.8 Å². The van der Waals surface area contributed by atoms with Gasteiger partial charge in [-0.25, -0.2) is 4.98 Å². The lowest BCUT2D eigenvalue weighted by Crippen LogP contribution is -2.41. The van der Waals surface area contributed by atoms with Crippen LogP contribution >= 0.6 is 0 Å². The Morgan fingerprint density at radius 3 is 3.11 bits per heavy atom. The van der Waals surface area contributed by atoms with Gasteiger partial charge in [0, 0.05) is 18.8 Å². The Hall–Kier alpha value is -2.09. The van der Waals surface area contributed by atoms with Crippen LogP contribution in [0.2, 0.25) is 0 Å². The number of carboxylic acid groups (broad SMARTS) is 1. The quantitative estimate of drug-likeness (QED) is 0.899. The highest BCUT2D eigenvalue weighted by Gasteiger charge is 2.27. The highest BCUT2D eigenvalue weighted by atomic mass is 16.4. The summed E-state index contributed by atoms with van der Waals surface area (Å²) in [6, 6.07) is 3.92. The van der Waals surface area contributed by atoms with E-state index >= 15 is 0 Å². The third kappa shape index (κ3) is 2.84. The summed E-state index contributed by atoms with van der Waals surface area (Å²) in [5.74, 6) is -0.170. The fourth-order valence-electron chi connectivity index (χ4n) is 2.59. The Bertz CT molecular complexity index is 522. The van der Waals surface area contributed by atoms with Gasteiger partial charge in [0.2, 0.25) is 0 Å². The van der Waals surface area contributed by atoms with Gasteiger partial charge in [0.25, 0.3) is 0 Å². The smallest absolute Gasteiger partial charge is 0.305 e. The van der Waals surface area contributed by atoms with Gasteiger partial charge in [0.05, 0.1) is 12.0 Å². The fraction of sp³-hybridized carbons (Fsp3) is 0.500. The van der Waals surface area contributed by atoms with E-state index in [9.17, 15) is 10.1 Å². The van der Waals surface area contributed by atoms with Crippen LogP contribution in [0.15, 0.2) is 12.3 Å². The predicted molar refractivity (Wildman–Crippen MR) is 70.9 cm³/mol. The Morgan fingerprint density at radius 2 is 2.42 bits per heavy atom. The molecule has 2 heterocycles. The molecule has 5 heteroatoms. The molecule has 0 bridgehead atoms. The largest absolute Gasteiger partial charge is 0.481 e. The first-order valence-corrected chi connectivity index (χ1v) is 6.47. The number of nitriles is 1. The normalized spacial score (nSPS) is 18.9. The Kier molecular flexibility index (Phi) is 4.00. The van der Waals surface area contributed by atoms with E-state index in [1.165, 1.54) is 0 Å². The second-order valence-corrected chi connectivity index (χ2v) is 4.88. The molecule has 2 rings (SSSR count). The summed E-state index contributed by atoms with van der Waals surface area (Å²) < 4.78 is 0. The average Bonchev–Trinajstić information content (AvgIpc) is 2.38. The predicted octanol–water partition coefficient (Wildman–Crippen LogP) is 2.10. The van der Waals surface area contributed by atoms with Crippen molar-refractivity contribution in [2.75, 3.05) is 11.4 Å². The molecule has 1 unspecified atom stereocenters. The van der Waals surface area contributed by atoms with Gasteiger partial charge in [0.15, 0.2) is 0 Å². The zero-order valence-corrected chi connectivity index (χ0v) is 11.0. The molecule has 0 spiro atoms. The van der Waals surface area contributed by atoms with Gasteiger partial charge >= 0.3 is 5.97 Å². The minimum absolute atomic E-state index is 0.0624. The molecular formula is C14H17N3O2. The van der Waals surface area contributed by atoms with E-state index in [0.717, 1.165) is 31.4 Å². The number of aliphatic carboxylic acids is 1. The Morgan fingerprint density at radius 1 is 1.63 bits per heavy atom. The second kappa shape index (κ2) is 5.70. The maximum atomic E-state index is 11.0. The third-order valence-electron chi connectivity index (χ3n) is 3.56. The highest BCUT2D eigenvalue weighted by molar-refractivity contribution is 5.69. The lowest BCUT2D eigenvalue weighted by molar-refractivity contribution is -0.137. The first-order valence-electron chi connectivity index (χ1n) is 6.47. The maximum Gasteiger partial charge on any atom is 0.305 e. The van der Waals surface area contributed by atoms with Crippen LogP contribution in [0.3, 0.4) is 0 Å². The number of carbonyl (C=O) groups is 1. The van der Waals surface area contributed by atoms with Crippen molar-refractivity contribution in [1.29, 1.82) is 5.26 Å². The first-order chi connectivity index (χ1) is 9.13. The number of piperidine rings is 1. The van der Waals surface area contributed by atoms with Crippen molar-refractivity contribution < 1.29 is 9.90 Å². The van der Waals surface area contributed by atoms with Gasteiger partial charge in [-0.2, -0.15) is 5.26 Å². The average molecular weight is 259 g/mol. The summed E-state index contributed by atoms with van der Waals surface area (Å²) in [6.07, 6.45) is 4.66. The van der Waals surface area contributed by atoms with Crippen LogP contribution in [-0.4, -0.2) is 28.6 Å². The zero-order valence-electron chi connectivity index (χ0n) is 11.0. The summed E-state index contributed by atoms with van der Waals surface area (Å²) >= 11 is 0. The SMILES string of the molecule is Cc1ccnc(N2CCCCC2CC(=O)O)c1C#N. The molecule has 100 valence electrons. The van der Waals surface area contributed by atoms with E-state index in [2.05, 4.69) is 11.1 Å². The van der Waals surface area contributed by atoms with Crippen LogP contribution < -0.4 is 4.90 Å². The van der Waals surface area contributed by atoms with Gasteiger partial charge in [-0.15, -0.1) is 0 Å². The molecule has 19 heavy (non-hydrogen) atoms. The molecule has 0 radical (unpaired) electrons. The van der Waals surface area contributed by atoms with Crippen LogP contribution in [0.4, 0.5) is 5.82 Å². The number of aryl methyl sites for hydroxylation is 1. The van der Waals surface area contributed by atoms with Crippen molar-refractivity contribution in [3.8, 4) is 6.07 Å². The van der Waals surface area contributed by atoms with E-state index in [-0.39, 0.29) is 12.5 Å². The Balaban J connectivity index is 2.35. The molecule has 1 atom stereocenters. The molecule has 0 aliphatic carbocycles. The highest BCUT2D eigenvalue weighted by Crippen LogP contribution is 2.28. The third-order valence-corrected chi connectivity index (χ3v) is 3.56. The molecular weight excluding hydrogens is 242 g/mol. The van der Waals surface area contributed by atoms with E-state index in [0.29, 0.717) is 11.4 Å². The molecule has 0 aromatic carbocycles. The van der Waals surface area contributed by atoms with Gasteiger partial charge in [0.1, 0.15) is 11.9 Å². The number of hydrogen-bond acceptors (Lipinski definition) is 4. The summed E-state index contributed by atoms with van der Waals surface area (Å²) in [6.45, 7) is 2.64. The van der Waals surface area contributed by atoms with Gasteiger partial charge < -0.3 is 10.0 Å². The molecule has 1 fully saturated rings. The minimum Gasteiger partial charge on any atom is -0.481 e. The molecule has 0 amide bonds. The van der Waals surface area contributed by atoms with Gasteiger partial charge in [-0.05, 0) is 37.8 Å². The van der Waals surface area contributed by atoms with Crippen molar-refractivity contribution in [3.63, 3.8) is 0 Å². The molecule has 1 N–H and O–H groups in total. The maximum absolute atomic E-state index is 11.0. The summed E-state index contributed by atoms with van der Waals surface area (Å²) in [5.41, 5.74) is 1.44. The van der Waals surface area contributed by atoms with Crippen molar-refractivity contribution >= 4 is 11.8 Å². The molecule has 1 aromatic rings. The molecule has 1 aromatic heterocycles. The van der Waals surface area contributed by atoms with Crippen LogP contribution in [0.25, 0.3) is 0 Å². The number of hydrogen-bond donors (Lipinski definition) is 1. The number of rotatable bonds is 3. The minimum atomic E-state index is -0.803. The first kappa shape index (κ1) is 13.3. The van der Waals surface area contributed by atoms with Crippen molar-refractivity contribution in [1.82, 2.24) is 4.98 Å². The summed E-state index contributed by atoms with van der Waals surface area (Å²) in [7, 11) is 0. The molecule has 1 aliphatic heterocycles. The van der Waals surface area contributed by atoms with Crippen molar-refractivity contribution in [2.24, 2.45) is 0 Å². The standard InChI is InChI=1S/C14H17N3O2/c1-10-5-6-16-14(12(10)9-15)17-7-3-2-4-11(17)8-13(18)19/h5-6,11H,2-4,7-8H2,1H3,(H,18,19). The van der Waals surface area contributed by atoms with E-state index < -0.39 is 5.97 Å². The molecule has 0 saturated carbocycles. The van der Waals surface area contributed by atoms with Crippen molar-refractivity contribution in [3.05, 3.63) is 23.4 Å². The van der Waals surface area contributed by atoms with Crippen LogP contribution in [0.5, 0.6) is 0 Å². The number of anilines is 1. The molecule has 5 nitrogen and oxygen atoms in total. The van der Waals surface area contributed by atoms with Crippen molar-refractivity contribution in [2.45, 2.75) is 38.6 Å². The topological polar surface area (TPSA) is 77.2 Å². The fourth-order valence-corrected chi connectivity index (χ4v) is 2.59. The van der Waals surface area contributed by atoms with E-state index in [1.54, 1.807) is 12.3 Å². The molecule has 1 aliphatic rings. The monoisotopic (exact) mass is 259 g/mol. The van der Waals surface area contributed by atoms with Crippen LogP contribution in [0.1, 0.15) is 36.8 Å². The van der Waals surface area contributed by atoms with E-state index in [4.69, 9.17) is 5.11 Å². The molecule has 1 saturated heterocycles. The van der Waals surface area contributed by atoms with Gasteiger partial charge in [-0.3, -0.25) is 4.79 Å². The zero-order chi connectivity index (χ0) is 13.8. The van der Waals surface area contributed by atoms with Gasteiger partial charge in [-0.1, -0.05) is 0 Å². The van der Waals surface area contributed by atoms with Crippen LogP contribution in [-0.2, 0) is 4.79 Å². The van der Waals surface area contributed by atoms with Crippen LogP contribution in [0, 0.1) is 18.3 Å². The number of pyridine rings is 1.